The standard InChI is InChI=1S/C13H20ClN3/c1-10-13(14)12(17(2)16-10)6-4-3-5-9-15-11-7-8-11/h3-4,11,15H,5-9H2,1-2H3. The summed E-state index contributed by atoms with van der Waals surface area (Å²) in [6.07, 6.45) is 9.05. The molecule has 1 heterocycles. The van der Waals surface area contributed by atoms with Gasteiger partial charge in [0, 0.05) is 19.5 Å². The molecule has 0 unspecified atom stereocenters. The lowest BCUT2D eigenvalue weighted by Crippen LogP contribution is -2.16. The number of rotatable bonds is 6. The van der Waals surface area contributed by atoms with Crippen molar-refractivity contribution in [2.45, 2.75) is 38.6 Å². The molecule has 4 heteroatoms. The van der Waals surface area contributed by atoms with E-state index in [1.54, 1.807) is 0 Å². The Morgan fingerprint density at radius 3 is 2.82 bits per heavy atom. The maximum atomic E-state index is 6.17. The fraction of sp³-hybridized carbons (Fsp3) is 0.615. The molecule has 17 heavy (non-hydrogen) atoms. The highest BCUT2D eigenvalue weighted by atomic mass is 35.5. The number of hydrogen-bond donors (Lipinski definition) is 1. The smallest absolute Gasteiger partial charge is 0.0850 e. The lowest BCUT2D eigenvalue weighted by Gasteiger charge is -1.99. The van der Waals surface area contributed by atoms with Gasteiger partial charge in [-0.25, -0.2) is 0 Å². The molecule has 0 aromatic carbocycles. The van der Waals surface area contributed by atoms with Crippen LogP contribution in [0.15, 0.2) is 12.2 Å². The second-order valence-electron chi connectivity index (χ2n) is 4.66. The second kappa shape index (κ2) is 5.69. The van der Waals surface area contributed by atoms with Crippen LogP contribution in [0.4, 0.5) is 0 Å². The molecule has 1 aliphatic rings. The molecular weight excluding hydrogens is 234 g/mol. The quantitative estimate of drug-likeness (QED) is 0.624. The van der Waals surface area contributed by atoms with Gasteiger partial charge in [0.2, 0.25) is 0 Å². The molecule has 94 valence electrons. The third-order valence-electron chi connectivity index (χ3n) is 3.06. The van der Waals surface area contributed by atoms with Crippen LogP contribution in [0.25, 0.3) is 0 Å². The zero-order valence-electron chi connectivity index (χ0n) is 10.5. The summed E-state index contributed by atoms with van der Waals surface area (Å²) < 4.78 is 1.87. The van der Waals surface area contributed by atoms with Gasteiger partial charge in [0.25, 0.3) is 0 Å². The summed E-state index contributed by atoms with van der Waals surface area (Å²) in [5.41, 5.74) is 2.00. The summed E-state index contributed by atoms with van der Waals surface area (Å²) in [6.45, 7) is 3.02. The molecule has 3 nitrogen and oxygen atoms in total. The average Bonchev–Trinajstić information content (AvgIpc) is 3.07. The van der Waals surface area contributed by atoms with Crippen LogP contribution in [0, 0.1) is 6.92 Å². The van der Waals surface area contributed by atoms with Gasteiger partial charge < -0.3 is 5.32 Å². The van der Waals surface area contributed by atoms with Crippen molar-refractivity contribution < 1.29 is 0 Å². The first-order valence-electron chi connectivity index (χ1n) is 6.25. The molecule has 1 N–H and O–H groups in total. The van der Waals surface area contributed by atoms with Crippen molar-refractivity contribution in [3.8, 4) is 0 Å². The van der Waals surface area contributed by atoms with Crippen LogP contribution in [0.3, 0.4) is 0 Å². The molecule has 0 amide bonds. The van der Waals surface area contributed by atoms with Crippen molar-refractivity contribution in [1.29, 1.82) is 0 Å². The normalized spacial score (nSPS) is 15.9. The van der Waals surface area contributed by atoms with E-state index >= 15 is 0 Å². The Kier molecular flexibility index (Phi) is 4.24. The van der Waals surface area contributed by atoms with Gasteiger partial charge in [-0.3, -0.25) is 4.68 Å². The molecule has 0 radical (unpaired) electrons. The Morgan fingerprint density at radius 2 is 2.24 bits per heavy atom. The van der Waals surface area contributed by atoms with Gasteiger partial charge in [-0.15, -0.1) is 0 Å². The average molecular weight is 254 g/mol. The molecule has 1 aromatic rings. The first kappa shape index (κ1) is 12.7. The van der Waals surface area contributed by atoms with Crippen LogP contribution in [-0.4, -0.2) is 22.4 Å². The maximum absolute atomic E-state index is 6.17. The minimum absolute atomic E-state index is 0.799. The number of nitrogens with one attached hydrogen (secondary N) is 1. The van der Waals surface area contributed by atoms with Gasteiger partial charge in [0.05, 0.1) is 16.4 Å². The number of aromatic nitrogens is 2. The van der Waals surface area contributed by atoms with Crippen LogP contribution in [0.1, 0.15) is 30.7 Å². The topological polar surface area (TPSA) is 29.9 Å². The van der Waals surface area contributed by atoms with E-state index in [-0.39, 0.29) is 0 Å². The van der Waals surface area contributed by atoms with E-state index in [0.29, 0.717) is 0 Å². The Hall–Kier alpha value is -0.800. The Morgan fingerprint density at radius 1 is 1.47 bits per heavy atom. The minimum Gasteiger partial charge on any atom is -0.314 e. The van der Waals surface area contributed by atoms with E-state index < -0.39 is 0 Å². The van der Waals surface area contributed by atoms with E-state index in [0.717, 1.165) is 41.8 Å². The summed E-state index contributed by atoms with van der Waals surface area (Å²) in [7, 11) is 1.94. The molecule has 1 aromatic heterocycles. The molecule has 0 spiro atoms. The second-order valence-corrected chi connectivity index (χ2v) is 5.04. The molecule has 0 aliphatic heterocycles. The number of hydrogen-bond acceptors (Lipinski definition) is 2. The largest absolute Gasteiger partial charge is 0.314 e. The van der Waals surface area contributed by atoms with Crippen molar-refractivity contribution >= 4 is 11.6 Å². The molecule has 1 saturated carbocycles. The lowest BCUT2D eigenvalue weighted by atomic mass is 10.2. The molecule has 0 bridgehead atoms. The first-order chi connectivity index (χ1) is 8.18. The summed E-state index contributed by atoms with van der Waals surface area (Å²) in [5.74, 6) is 0. The monoisotopic (exact) mass is 253 g/mol. The van der Waals surface area contributed by atoms with Crippen molar-refractivity contribution in [3.05, 3.63) is 28.6 Å². The van der Waals surface area contributed by atoms with Gasteiger partial charge in [0.1, 0.15) is 0 Å². The van der Waals surface area contributed by atoms with E-state index in [2.05, 4.69) is 22.6 Å². The Bertz CT molecular complexity index is 405. The number of halogens is 1. The molecule has 2 rings (SSSR count). The molecule has 1 fully saturated rings. The highest BCUT2D eigenvalue weighted by Crippen LogP contribution is 2.20. The van der Waals surface area contributed by atoms with Crippen LogP contribution >= 0.6 is 11.6 Å². The van der Waals surface area contributed by atoms with E-state index in [4.69, 9.17) is 11.6 Å². The Labute approximate surface area is 108 Å². The number of aryl methyl sites for hydroxylation is 2. The van der Waals surface area contributed by atoms with Gasteiger partial charge in [-0.2, -0.15) is 5.10 Å². The van der Waals surface area contributed by atoms with Crippen LogP contribution in [-0.2, 0) is 13.5 Å². The molecule has 1 aliphatic carbocycles. The predicted octanol–water partition coefficient (Wildman–Crippen LogP) is 2.62. The molecule has 0 atom stereocenters. The summed E-state index contributed by atoms with van der Waals surface area (Å²) >= 11 is 6.17. The van der Waals surface area contributed by atoms with E-state index in [1.807, 2.05) is 18.7 Å². The highest BCUT2D eigenvalue weighted by Gasteiger charge is 2.19. The van der Waals surface area contributed by atoms with E-state index in [1.165, 1.54) is 12.8 Å². The van der Waals surface area contributed by atoms with Gasteiger partial charge in [-0.1, -0.05) is 23.8 Å². The zero-order valence-corrected chi connectivity index (χ0v) is 11.3. The van der Waals surface area contributed by atoms with Crippen molar-refractivity contribution in [3.63, 3.8) is 0 Å². The summed E-state index contributed by atoms with van der Waals surface area (Å²) in [5, 5.41) is 8.58. The number of allylic oxidation sites excluding steroid dienone is 1. The third-order valence-corrected chi connectivity index (χ3v) is 3.55. The predicted molar refractivity (Wildman–Crippen MR) is 71.4 cm³/mol. The van der Waals surface area contributed by atoms with Crippen LogP contribution in [0.5, 0.6) is 0 Å². The SMILES string of the molecule is Cc1nn(C)c(CC=CCCNC2CC2)c1Cl. The Balaban J connectivity index is 1.74. The van der Waals surface area contributed by atoms with Gasteiger partial charge in [0.15, 0.2) is 0 Å². The van der Waals surface area contributed by atoms with Crippen LogP contribution in [0.2, 0.25) is 5.02 Å². The fourth-order valence-corrected chi connectivity index (χ4v) is 2.11. The molecular formula is C13H20ClN3. The first-order valence-corrected chi connectivity index (χ1v) is 6.62. The molecule has 0 saturated heterocycles. The highest BCUT2D eigenvalue weighted by molar-refractivity contribution is 6.31. The summed E-state index contributed by atoms with van der Waals surface area (Å²) in [4.78, 5) is 0. The lowest BCUT2D eigenvalue weighted by molar-refractivity contribution is 0.689. The minimum atomic E-state index is 0.799. The fourth-order valence-electron chi connectivity index (χ4n) is 1.87. The van der Waals surface area contributed by atoms with Crippen molar-refractivity contribution in [2.75, 3.05) is 6.54 Å². The van der Waals surface area contributed by atoms with Crippen molar-refractivity contribution in [1.82, 2.24) is 15.1 Å². The van der Waals surface area contributed by atoms with Crippen LogP contribution < -0.4 is 5.32 Å². The van der Waals surface area contributed by atoms with E-state index in [9.17, 15) is 0 Å². The van der Waals surface area contributed by atoms with Gasteiger partial charge in [-0.05, 0) is 32.7 Å². The third kappa shape index (κ3) is 3.58. The zero-order chi connectivity index (χ0) is 12.3. The number of nitrogens with zero attached hydrogens (tertiary/aromatic N) is 2. The summed E-state index contributed by atoms with van der Waals surface area (Å²) in [6, 6.07) is 0.803. The van der Waals surface area contributed by atoms with Gasteiger partial charge >= 0.3 is 0 Å². The maximum Gasteiger partial charge on any atom is 0.0850 e. The van der Waals surface area contributed by atoms with Crippen molar-refractivity contribution in [2.24, 2.45) is 7.05 Å².